The molecule has 1 atom stereocenters. The van der Waals surface area contributed by atoms with Gasteiger partial charge in [0.05, 0.1) is 31.2 Å². The Kier molecular flexibility index (Phi) is 8.16. The fraction of sp³-hybridized carbons (Fsp3) is 0.321. The maximum atomic E-state index is 13.0. The number of aliphatic hydroxyl groups excluding tert-OH is 1. The van der Waals surface area contributed by atoms with Gasteiger partial charge in [0, 0.05) is 42.2 Å². The van der Waals surface area contributed by atoms with Crippen LogP contribution in [0, 0.1) is 11.3 Å². The van der Waals surface area contributed by atoms with Crippen molar-refractivity contribution in [1.29, 1.82) is 5.26 Å². The van der Waals surface area contributed by atoms with Crippen molar-refractivity contribution in [3.63, 3.8) is 0 Å². The van der Waals surface area contributed by atoms with Gasteiger partial charge in [0.2, 0.25) is 0 Å². The first-order chi connectivity index (χ1) is 17.5. The first-order valence-electron chi connectivity index (χ1n) is 12.1. The smallest absolute Gasteiger partial charge is 0.270 e. The minimum absolute atomic E-state index is 0.0354. The van der Waals surface area contributed by atoms with Crippen LogP contribution in [0.2, 0.25) is 0 Å². The number of β-amino-alcohol motifs (C(OH)–C–C–N with tert-alkyl or cyclic N) is 1. The lowest BCUT2D eigenvalue weighted by Crippen LogP contribution is -2.48. The zero-order valence-electron chi connectivity index (χ0n) is 20.5. The number of methoxy groups -OCH3 is 1. The molecule has 4 rings (SSSR count). The minimum Gasteiger partial charge on any atom is -0.495 e. The van der Waals surface area contributed by atoms with Crippen LogP contribution in [-0.2, 0) is 0 Å². The van der Waals surface area contributed by atoms with Crippen molar-refractivity contribution in [3.05, 3.63) is 66.4 Å². The van der Waals surface area contributed by atoms with Gasteiger partial charge >= 0.3 is 0 Å². The normalized spacial score (nSPS) is 15.8. The highest BCUT2D eigenvalue weighted by Gasteiger charge is 2.22. The summed E-state index contributed by atoms with van der Waals surface area (Å²) in [5.74, 6) is 0.460. The van der Waals surface area contributed by atoms with Gasteiger partial charge in [-0.1, -0.05) is 30.8 Å². The van der Waals surface area contributed by atoms with Crippen molar-refractivity contribution in [3.8, 4) is 23.1 Å². The zero-order chi connectivity index (χ0) is 25.5. The van der Waals surface area contributed by atoms with E-state index in [4.69, 9.17) is 10.00 Å². The molecule has 1 saturated heterocycles. The topological polar surface area (TPSA) is 111 Å². The van der Waals surface area contributed by atoms with Crippen LogP contribution < -0.4 is 15.4 Å². The number of piperidine rings is 1. The Balaban J connectivity index is 1.59. The molecule has 0 bridgehead atoms. The summed E-state index contributed by atoms with van der Waals surface area (Å²) in [7, 11) is 1.61. The third-order valence-electron chi connectivity index (χ3n) is 6.37. The van der Waals surface area contributed by atoms with E-state index in [-0.39, 0.29) is 18.6 Å². The number of carbonyl (C=O) groups excluding carboxylic acids is 1. The Labute approximate surface area is 211 Å². The molecule has 186 valence electrons. The van der Waals surface area contributed by atoms with Crippen LogP contribution in [0.3, 0.4) is 0 Å². The summed E-state index contributed by atoms with van der Waals surface area (Å²) in [6.07, 6.45) is 1.89. The highest BCUT2D eigenvalue weighted by Crippen LogP contribution is 2.35. The fourth-order valence-electron chi connectivity index (χ4n) is 4.55. The average Bonchev–Trinajstić information content (AvgIpc) is 2.91. The Morgan fingerprint density at radius 3 is 2.92 bits per heavy atom. The van der Waals surface area contributed by atoms with E-state index in [0.717, 1.165) is 48.0 Å². The summed E-state index contributed by atoms with van der Waals surface area (Å²) in [6.45, 7) is 6.46. The van der Waals surface area contributed by atoms with Gasteiger partial charge in [-0.05, 0) is 49.0 Å². The van der Waals surface area contributed by atoms with Crippen LogP contribution in [0.5, 0.6) is 5.75 Å². The SMILES string of the molecule is C=C(C#N)CNc1c(OC)ccc2ccc(-c3cccc(C(=O)NC4CCCN(CCO)C4)n3)cc12. The van der Waals surface area contributed by atoms with Crippen LogP contribution in [0.1, 0.15) is 23.3 Å². The van der Waals surface area contributed by atoms with Gasteiger partial charge in [-0.15, -0.1) is 0 Å². The molecule has 2 heterocycles. The van der Waals surface area contributed by atoms with E-state index in [2.05, 4.69) is 33.2 Å². The highest BCUT2D eigenvalue weighted by molar-refractivity contribution is 5.99. The maximum Gasteiger partial charge on any atom is 0.270 e. The monoisotopic (exact) mass is 485 g/mol. The standard InChI is InChI=1S/C28H31N5O3/c1-19(16-29)17-30-27-23-15-21(9-8-20(23)10-11-26(27)36-2)24-6-3-7-25(32-24)28(35)31-22-5-4-12-33(18-22)13-14-34/h3,6-11,15,22,30,34H,1,4-5,12-14,17-18H2,2H3,(H,31,35). The summed E-state index contributed by atoms with van der Waals surface area (Å²) in [6, 6.07) is 17.4. The third kappa shape index (κ3) is 5.82. The van der Waals surface area contributed by atoms with E-state index < -0.39 is 0 Å². The van der Waals surface area contributed by atoms with E-state index in [0.29, 0.717) is 35.8 Å². The van der Waals surface area contributed by atoms with Gasteiger partial charge in [-0.3, -0.25) is 9.69 Å². The molecule has 1 aromatic heterocycles. The first kappa shape index (κ1) is 25.2. The number of carbonyl (C=O) groups is 1. The Bertz CT molecular complexity index is 1300. The van der Waals surface area contributed by atoms with Crippen molar-refractivity contribution < 1.29 is 14.6 Å². The number of nitriles is 1. The Hall–Kier alpha value is -3.93. The minimum atomic E-state index is -0.201. The van der Waals surface area contributed by atoms with Crippen LogP contribution in [0.4, 0.5) is 5.69 Å². The molecule has 3 aromatic rings. The molecule has 8 nitrogen and oxygen atoms in total. The largest absolute Gasteiger partial charge is 0.495 e. The molecule has 8 heteroatoms. The number of anilines is 1. The summed E-state index contributed by atoms with van der Waals surface area (Å²) in [4.78, 5) is 19.8. The van der Waals surface area contributed by atoms with Crippen LogP contribution in [0.25, 0.3) is 22.0 Å². The van der Waals surface area contributed by atoms with Crippen LogP contribution >= 0.6 is 0 Å². The maximum absolute atomic E-state index is 13.0. The Morgan fingerprint density at radius 1 is 1.31 bits per heavy atom. The predicted octanol–water partition coefficient (Wildman–Crippen LogP) is 3.59. The second-order valence-electron chi connectivity index (χ2n) is 8.89. The number of amides is 1. The molecular weight excluding hydrogens is 454 g/mol. The van der Waals surface area contributed by atoms with Gasteiger partial charge < -0.3 is 20.5 Å². The van der Waals surface area contributed by atoms with Crippen LogP contribution in [0.15, 0.2) is 60.7 Å². The number of benzene rings is 2. The molecule has 36 heavy (non-hydrogen) atoms. The van der Waals surface area contributed by atoms with E-state index in [1.807, 2.05) is 42.5 Å². The molecule has 1 aliphatic heterocycles. The summed E-state index contributed by atoms with van der Waals surface area (Å²) in [5.41, 5.74) is 3.10. The lowest BCUT2D eigenvalue weighted by molar-refractivity contribution is 0.0889. The van der Waals surface area contributed by atoms with E-state index in [1.54, 1.807) is 13.2 Å². The molecule has 0 spiro atoms. The van der Waals surface area contributed by atoms with E-state index in [9.17, 15) is 9.90 Å². The number of fused-ring (bicyclic) bond motifs is 1. The third-order valence-corrected chi connectivity index (χ3v) is 6.37. The summed E-state index contributed by atoms with van der Waals surface area (Å²) in [5, 5.41) is 26.6. The van der Waals surface area contributed by atoms with Gasteiger partial charge in [-0.2, -0.15) is 5.26 Å². The number of rotatable bonds is 9. The van der Waals surface area contributed by atoms with Gasteiger partial charge in [-0.25, -0.2) is 4.98 Å². The van der Waals surface area contributed by atoms with Crippen molar-refractivity contribution in [2.24, 2.45) is 0 Å². The molecule has 0 radical (unpaired) electrons. The lowest BCUT2D eigenvalue weighted by Gasteiger charge is -2.32. The number of nitrogens with one attached hydrogen (secondary N) is 2. The number of aromatic nitrogens is 1. The van der Waals surface area contributed by atoms with E-state index >= 15 is 0 Å². The number of aliphatic hydroxyl groups is 1. The molecule has 1 fully saturated rings. The second kappa shape index (κ2) is 11.7. The fourth-order valence-corrected chi connectivity index (χ4v) is 4.55. The second-order valence-corrected chi connectivity index (χ2v) is 8.89. The average molecular weight is 486 g/mol. The molecule has 0 saturated carbocycles. The highest BCUT2D eigenvalue weighted by atomic mass is 16.5. The van der Waals surface area contributed by atoms with Gasteiger partial charge in [0.15, 0.2) is 0 Å². The molecule has 1 aliphatic rings. The quantitative estimate of drug-likeness (QED) is 0.397. The van der Waals surface area contributed by atoms with Crippen LogP contribution in [-0.4, -0.2) is 66.8 Å². The predicted molar refractivity (Wildman–Crippen MR) is 141 cm³/mol. The molecule has 1 amide bonds. The number of hydrogen-bond donors (Lipinski definition) is 3. The molecule has 0 aliphatic carbocycles. The number of pyridine rings is 1. The van der Waals surface area contributed by atoms with E-state index in [1.165, 1.54) is 0 Å². The van der Waals surface area contributed by atoms with Crippen molar-refractivity contribution >= 4 is 22.4 Å². The number of nitrogens with zero attached hydrogens (tertiary/aromatic N) is 3. The molecule has 2 aromatic carbocycles. The zero-order valence-corrected chi connectivity index (χ0v) is 20.5. The molecule has 1 unspecified atom stereocenters. The first-order valence-corrected chi connectivity index (χ1v) is 12.1. The molecular formula is C28H31N5O3. The summed E-state index contributed by atoms with van der Waals surface area (Å²) < 4.78 is 5.55. The van der Waals surface area contributed by atoms with Gasteiger partial charge in [0.25, 0.3) is 5.91 Å². The number of ether oxygens (including phenoxy) is 1. The number of likely N-dealkylation sites (tertiary alicyclic amines) is 1. The van der Waals surface area contributed by atoms with Crippen molar-refractivity contribution in [2.45, 2.75) is 18.9 Å². The summed E-state index contributed by atoms with van der Waals surface area (Å²) >= 11 is 0. The molecule has 3 N–H and O–H groups in total. The van der Waals surface area contributed by atoms with Crippen molar-refractivity contribution in [1.82, 2.24) is 15.2 Å². The lowest BCUT2D eigenvalue weighted by atomic mass is 10.0. The Morgan fingerprint density at radius 2 is 2.14 bits per heavy atom. The number of hydrogen-bond acceptors (Lipinski definition) is 7. The van der Waals surface area contributed by atoms with Gasteiger partial charge in [0.1, 0.15) is 11.4 Å². The van der Waals surface area contributed by atoms with Crippen molar-refractivity contribution in [2.75, 3.05) is 45.2 Å².